The summed E-state index contributed by atoms with van der Waals surface area (Å²) in [6, 6.07) is 13.1. The van der Waals surface area contributed by atoms with Crippen molar-refractivity contribution in [1.29, 1.82) is 0 Å². The number of methoxy groups -OCH3 is 1. The zero-order valence-electron chi connectivity index (χ0n) is 22.7. The van der Waals surface area contributed by atoms with Gasteiger partial charge in [-0.2, -0.15) is 13.2 Å². The monoisotopic (exact) mass is 558 g/mol. The van der Waals surface area contributed by atoms with Crippen molar-refractivity contribution in [1.82, 2.24) is 9.88 Å². The SMILES string of the molecule is COc1ccc2nccc([C@@H](O)CCC3CCN(CCCc4ccccc4C(F)(F)F)CC3CCC(=O)O)c2c1. The number of aliphatic hydroxyl groups is 1. The van der Waals surface area contributed by atoms with Crippen molar-refractivity contribution >= 4 is 16.9 Å². The van der Waals surface area contributed by atoms with E-state index in [1.54, 1.807) is 19.4 Å². The number of hydrogen-bond acceptors (Lipinski definition) is 5. The van der Waals surface area contributed by atoms with Crippen LogP contribution in [0.3, 0.4) is 0 Å². The van der Waals surface area contributed by atoms with Crippen molar-refractivity contribution in [2.45, 2.75) is 57.2 Å². The number of benzene rings is 2. The summed E-state index contributed by atoms with van der Waals surface area (Å²) in [5.74, 6) is 0.265. The lowest BCUT2D eigenvalue weighted by molar-refractivity contribution is -0.138. The van der Waals surface area contributed by atoms with Crippen LogP contribution in [0.25, 0.3) is 10.9 Å². The second-order valence-corrected chi connectivity index (χ2v) is 10.7. The molecule has 4 rings (SSSR count). The fraction of sp³-hybridized carbons (Fsp3) is 0.484. The lowest BCUT2D eigenvalue weighted by Gasteiger charge is -2.39. The van der Waals surface area contributed by atoms with E-state index in [2.05, 4.69) is 9.88 Å². The maximum atomic E-state index is 13.3. The molecule has 1 aromatic heterocycles. The van der Waals surface area contributed by atoms with Gasteiger partial charge in [-0.3, -0.25) is 9.78 Å². The van der Waals surface area contributed by atoms with E-state index in [9.17, 15) is 28.2 Å². The second kappa shape index (κ2) is 13.5. The summed E-state index contributed by atoms with van der Waals surface area (Å²) in [6.45, 7) is 2.18. The van der Waals surface area contributed by atoms with Gasteiger partial charge in [0.2, 0.25) is 0 Å². The van der Waals surface area contributed by atoms with Gasteiger partial charge in [0.1, 0.15) is 5.75 Å². The van der Waals surface area contributed by atoms with Gasteiger partial charge < -0.3 is 19.8 Å². The number of pyridine rings is 1. The molecule has 40 heavy (non-hydrogen) atoms. The molecule has 3 aromatic rings. The molecule has 2 aromatic carbocycles. The van der Waals surface area contributed by atoms with Gasteiger partial charge in [0, 0.05) is 24.5 Å². The first-order valence-corrected chi connectivity index (χ1v) is 13.9. The molecule has 9 heteroatoms. The number of aliphatic carboxylic acids is 1. The Bertz CT molecular complexity index is 1280. The van der Waals surface area contributed by atoms with E-state index in [0.717, 1.165) is 41.9 Å². The number of piperidine rings is 1. The van der Waals surface area contributed by atoms with Crippen LogP contribution >= 0.6 is 0 Å². The topological polar surface area (TPSA) is 82.9 Å². The molecule has 2 heterocycles. The molecule has 0 amide bonds. The first-order chi connectivity index (χ1) is 19.2. The van der Waals surface area contributed by atoms with E-state index >= 15 is 0 Å². The Morgan fingerprint density at radius 2 is 1.95 bits per heavy atom. The molecule has 1 fully saturated rings. The third kappa shape index (κ3) is 7.73. The second-order valence-electron chi connectivity index (χ2n) is 10.7. The van der Waals surface area contributed by atoms with Gasteiger partial charge in [-0.15, -0.1) is 0 Å². The number of nitrogens with zero attached hydrogens (tertiary/aromatic N) is 2. The number of ether oxygens (including phenoxy) is 1. The van der Waals surface area contributed by atoms with E-state index in [4.69, 9.17) is 4.74 Å². The maximum absolute atomic E-state index is 13.3. The molecule has 0 bridgehead atoms. The molecule has 1 aliphatic rings. The third-order valence-corrected chi connectivity index (χ3v) is 8.10. The van der Waals surface area contributed by atoms with Crippen LogP contribution in [0.1, 0.15) is 61.3 Å². The van der Waals surface area contributed by atoms with E-state index in [-0.39, 0.29) is 18.3 Å². The van der Waals surface area contributed by atoms with Crippen LogP contribution in [-0.4, -0.2) is 52.8 Å². The number of carboxylic acid groups (broad SMARTS) is 1. The van der Waals surface area contributed by atoms with Gasteiger partial charge in [0.05, 0.1) is 24.3 Å². The zero-order valence-corrected chi connectivity index (χ0v) is 22.7. The number of aromatic nitrogens is 1. The number of hydrogen-bond donors (Lipinski definition) is 2. The first kappa shape index (κ1) is 29.8. The molecule has 0 spiro atoms. The Morgan fingerprint density at radius 1 is 1.15 bits per heavy atom. The molecule has 2 N–H and O–H groups in total. The van der Waals surface area contributed by atoms with Crippen LogP contribution in [0.4, 0.5) is 13.2 Å². The largest absolute Gasteiger partial charge is 0.497 e. The van der Waals surface area contributed by atoms with Crippen LogP contribution in [0.2, 0.25) is 0 Å². The van der Waals surface area contributed by atoms with Crippen LogP contribution in [0, 0.1) is 11.8 Å². The molecule has 6 nitrogen and oxygen atoms in total. The fourth-order valence-corrected chi connectivity index (χ4v) is 5.97. The average molecular weight is 559 g/mol. The molecule has 1 saturated heterocycles. The molecule has 0 aliphatic carbocycles. The minimum Gasteiger partial charge on any atom is -0.497 e. The van der Waals surface area contributed by atoms with Crippen LogP contribution in [0.5, 0.6) is 5.75 Å². The van der Waals surface area contributed by atoms with E-state index in [1.165, 1.54) is 12.1 Å². The van der Waals surface area contributed by atoms with E-state index in [0.29, 0.717) is 50.1 Å². The standard InChI is InChI=1S/C31H37F3N2O4/c1-40-24-10-11-28-26(19-24)25(14-16-35-28)29(37)12-8-21-15-18-36(20-23(21)9-13-30(38)39)17-4-6-22-5-2-3-7-27(22)31(32,33)34/h2-3,5,7,10-11,14,16,19,21,23,29,37H,4,6,8-9,12-13,15,17-18,20H2,1H3,(H,38,39)/t21?,23?,29-/m0/s1. The Kier molecular flexibility index (Phi) is 10.0. The number of alkyl halides is 3. The predicted molar refractivity (Wildman–Crippen MR) is 147 cm³/mol. The fourth-order valence-electron chi connectivity index (χ4n) is 5.97. The Morgan fingerprint density at radius 3 is 2.70 bits per heavy atom. The molecule has 3 atom stereocenters. The van der Waals surface area contributed by atoms with E-state index in [1.807, 2.05) is 24.3 Å². The van der Waals surface area contributed by atoms with Crippen LogP contribution in [0.15, 0.2) is 54.7 Å². The molecular weight excluding hydrogens is 521 g/mol. The maximum Gasteiger partial charge on any atom is 0.416 e. The van der Waals surface area contributed by atoms with Gasteiger partial charge >= 0.3 is 12.1 Å². The number of aliphatic hydroxyl groups excluding tert-OH is 1. The van der Waals surface area contributed by atoms with Gasteiger partial charge in [-0.1, -0.05) is 18.2 Å². The number of aryl methyl sites for hydroxylation is 1. The summed E-state index contributed by atoms with van der Waals surface area (Å²) in [7, 11) is 1.60. The summed E-state index contributed by atoms with van der Waals surface area (Å²) in [5.41, 5.74) is 1.31. The lowest BCUT2D eigenvalue weighted by atomic mass is 9.79. The Balaban J connectivity index is 1.36. The number of likely N-dealkylation sites (tertiary alicyclic amines) is 1. The highest BCUT2D eigenvalue weighted by Gasteiger charge is 2.33. The van der Waals surface area contributed by atoms with Crippen molar-refractivity contribution in [2.24, 2.45) is 11.8 Å². The first-order valence-electron chi connectivity index (χ1n) is 13.9. The van der Waals surface area contributed by atoms with Crippen LogP contribution in [-0.2, 0) is 17.4 Å². The normalized spacial score (nSPS) is 19.0. The number of fused-ring (bicyclic) bond motifs is 1. The van der Waals surface area contributed by atoms with Crippen molar-refractivity contribution < 1.29 is 32.9 Å². The number of carboxylic acids is 1. The minimum atomic E-state index is -4.37. The molecule has 1 aliphatic heterocycles. The Hall–Kier alpha value is -3.17. The van der Waals surface area contributed by atoms with Gasteiger partial charge in [-0.05, 0) is 105 Å². The van der Waals surface area contributed by atoms with Crippen molar-refractivity contribution in [3.8, 4) is 5.75 Å². The summed E-state index contributed by atoms with van der Waals surface area (Å²) >= 11 is 0. The number of carbonyl (C=O) groups is 1. The molecule has 216 valence electrons. The summed E-state index contributed by atoms with van der Waals surface area (Å²) in [5, 5.41) is 21.3. The summed E-state index contributed by atoms with van der Waals surface area (Å²) in [4.78, 5) is 18.0. The lowest BCUT2D eigenvalue weighted by Crippen LogP contribution is -2.41. The molecular formula is C31H37F3N2O4. The molecule has 2 unspecified atom stereocenters. The highest BCUT2D eigenvalue weighted by Crippen LogP contribution is 2.36. The minimum absolute atomic E-state index is 0.0747. The molecule has 0 saturated carbocycles. The van der Waals surface area contributed by atoms with Crippen molar-refractivity contribution in [3.63, 3.8) is 0 Å². The van der Waals surface area contributed by atoms with Gasteiger partial charge in [0.15, 0.2) is 0 Å². The highest BCUT2D eigenvalue weighted by atomic mass is 19.4. The van der Waals surface area contributed by atoms with Crippen molar-refractivity contribution in [3.05, 3.63) is 71.4 Å². The van der Waals surface area contributed by atoms with Crippen LogP contribution < -0.4 is 4.74 Å². The van der Waals surface area contributed by atoms with Gasteiger partial charge in [-0.25, -0.2) is 0 Å². The van der Waals surface area contributed by atoms with Gasteiger partial charge in [0.25, 0.3) is 0 Å². The quantitative estimate of drug-likeness (QED) is 0.264. The zero-order chi connectivity index (χ0) is 28.7. The average Bonchev–Trinajstić information content (AvgIpc) is 2.94. The summed E-state index contributed by atoms with van der Waals surface area (Å²) in [6.07, 6.45) is 0.345. The Labute approximate surface area is 232 Å². The molecule has 0 radical (unpaired) electrons. The van der Waals surface area contributed by atoms with E-state index < -0.39 is 23.8 Å². The highest BCUT2D eigenvalue weighted by molar-refractivity contribution is 5.83. The van der Waals surface area contributed by atoms with Crippen molar-refractivity contribution in [2.75, 3.05) is 26.7 Å². The third-order valence-electron chi connectivity index (χ3n) is 8.10. The smallest absolute Gasteiger partial charge is 0.416 e. The summed E-state index contributed by atoms with van der Waals surface area (Å²) < 4.78 is 45.4. The predicted octanol–water partition coefficient (Wildman–Crippen LogP) is 6.51. The number of rotatable bonds is 12. The number of halogens is 3.